The summed E-state index contributed by atoms with van der Waals surface area (Å²) in [6.45, 7) is 32.9. The van der Waals surface area contributed by atoms with Crippen molar-refractivity contribution in [3.8, 4) is 33.4 Å². The quantitative estimate of drug-likeness (QED) is 0.147. The standard InChI is InChI=1S/C79H78BN3/c1-75(2,3)53-34-41-68(62(44-53)51-26-18-15-19-27-51)81(57-30-22-17-23-31-57)59-38-40-66-71(50-59)83(69-42-35-54(76(4,5)6)45-63(69)52-28-20-16-21-29-52)73-48-56(78(10,11)12)47-72-74(73)80(66)67-46-55(77(7,8)9)36-43-70(67)82(72)58-37-39-61-60-32-24-25-33-64(60)79(13,14)65(61)49-58/h15-50H,1-14H3. The molecule has 4 heteroatoms. The Balaban J connectivity index is 1.15. The highest BCUT2D eigenvalue weighted by atomic mass is 15.2. The van der Waals surface area contributed by atoms with Crippen LogP contribution in [0.5, 0.6) is 0 Å². The van der Waals surface area contributed by atoms with Gasteiger partial charge in [-0.1, -0.05) is 236 Å². The van der Waals surface area contributed by atoms with Crippen LogP contribution < -0.4 is 31.1 Å². The van der Waals surface area contributed by atoms with E-state index in [1.165, 1.54) is 112 Å². The smallest absolute Gasteiger partial charge is 0.252 e. The van der Waals surface area contributed by atoms with E-state index in [1.807, 2.05) is 0 Å². The average molecular weight is 1080 g/mol. The fourth-order valence-electron chi connectivity index (χ4n) is 13.5. The Hall–Kier alpha value is -8.34. The first-order valence-electron chi connectivity index (χ1n) is 30.0. The molecule has 0 spiro atoms. The van der Waals surface area contributed by atoms with Crippen LogP contribution in [0.15, 0.2) is 218 Å². The summed E-state index contributed by atoms with van der Waals surface area (Å²) in [6.07, 6.45) is 0. The van der Waals surface area contributed by atoms with Gasteiger partial charge in [0.2, 0.25) is 0 Å². The highest BCUT2D eigenvalue weighted by molar-refractivity contribution is 7.00. The third-order valence-electron chi connectivity index (χ3n) is 18.3. The summed E-state index contributed by atoms with van der Waals surface area (Å²) in [4.78, 5) is 7.80. The zero-order valence-electron chi connectivity index (χ0n) is 51.2. The first-order chi connectivity index (χ1) is 39.5. The van der Waals surface area contributed by atoms with Crippen molar-refractivity contribution in [2.24, 2.45) is 0 Å². The van der Waals surface area contributed by atoms with Gasteiger partial charge in [-0.05, 0) is 173 Å². The van der Waals surface area contributed by atoms with Crippen LogP contribution in [0.1, 0.15) is 130 Å². The lowest BCUT2D eigenvalue weighted by Crippen LogP contribution is -2.61. The number of hydrogen-bond donors (Lipinski definition) is 0. The summed E-state index contributed by atoms with van der Waals surface area (Å²) in [5.74, 6) is 0. The molecular formula is C79H78BN3. The summed E-state index contributed by atoms with van der Waals surface area (Å²) in [5, 5.41) is 0. The lowest BCUT2D eigenvalue weighted by molar-refractivity contribution is 0.590. The Kier molecular flexibility index (Phi) is 12.6. The van der Waals surface area contributed by atoms with Crippen LogP contribution in [0.3, 0.4) is 0 Å². The van der Waals surface area contributed by atoms with Crippen molar-refractivity contribution in [2.75, 3.05) is 14.7 Å². The third kappa shape index (κ3) is 9.12. The summed E-state index contributed by atoms with van der Waals surface area (Å²) in [7, 11) is 0. The Labute approximate surface area is 495 Å². The van der Waals surface area contributed by atoms with E-state index in [0.29, 0.717) is 0 Å². The predicted octanol–water partition coefficient (Wildman–Crippen LogP) is 20.1. The van der Waals surface area contributed by atoms with Crippen molar-refractivity contribution in [2.45, 2.75) is 124 Å². The Morgan fingerprint density at radius 2 is 0.855 bits per heavy atom. The maximum atomic E-state index is 2.67. The molecule has 1 aliphatic carbocycles. The normalized spacial score (nSPS) is 14.2. The Morgan fingerprint density at radius 3 is 1.48 bits per heavy atom. The molecule has 2 aliphatic heterocycles. The molecule has 0 bridgehead atoms. The topological polar surface area (TPSA) is 9.72 Å². The first kappa shape index (κ1) is 53.9. The van der Waals surface area contributed by atoms with Gasteiger partial charge >= 0.3 is 0 Å². The lowest BCUT2D eigenvalue weighted by Gasteiger charge is -2.46. The molecule has 0 saturated carbocycles. The van der Waals surface area contributed by atoms with Crippen LogP contribution in [0, 0.1) is 0 Å². The zero-order valence-corrected chi connectivity index (χ0v) is 51.2. The van der Waals surface area contributed by atoms with E-state index < -0.39 is 0 Å². The number of rotatable bonds is 7. The van der Waals surface area contributed by atoms with Crippen LogP contribution in [-0.2, 0) is 27.1 Å². The summed E-state index contributed by atoms with van der Waals surface area (Å²) < 4.78 is 0. The van der Waals surface area contributed by atoms with Crippen molar-refractivity contribution in [1.82, 2.24) is 0 Å². The molecule has 0 aromatic heterocycles. The van der Waals surface area contributed by atoms with Crippen molar-refractivity contribution in [3.63, 3.8) is 0 Å². The molecule has 0 atom stereocenters. The van der Waals surface area contributed by atoms with Crippen molar-refractivity contribution in [1.29, 1.82) is 0 Å². The van der Waals surface area contributed by atoms with Gasteiger partial charge in [-0.3, -0.25) is 0 Å². The van der Waals surface area contributed by atoms with E-state index in [1.54, 1.807) is 0 Å². The van der Waals surface area contributed by atoms with Crippen LogP contribution in [0.4, 0.5) is 51.2 Å². The van der Waals surface area contributed by atoms with Crippen LogP contribution in [0.2, 0.25) is 0 Å². The molecule has 3 nitrogen and oxygen atoms in total. The summed E-state index contributed by atoms with van der Waals surface area (Å²) in [5.41, 5.74) is 29.2. The molecule has 10 aromatic carbocycles. The number of nitrogens with zero attached hydrogens (tertiary/aromatic N) is 3. The molecule has 0 amide bonds. The Bertz CT molecular complexity index is 4160. The number of anilines is 9. The second kappa shape index (κ2) is 19.4. The van der Waals surface area contributed by atoms with Gasteiger partial charge in [0.15, 0.2) is 0 Å². The largest absolute Gasteiger partial charge is 0.311 e. The third-order valence-corrected chi connectivity index (χ3v) is 18.3. The van der Waals surface area contributed by atoms with Gasteiger partial charge < -0.3 is 14.7 Å². The molecule has 0 fully saturated rings. The van der Waals surface area contributed by atoms with Crippen molar-refractivity contribution >= 4 is 74.3 Å². The Morgan fingerprint density at radius 1 is 0.337 bits per heavy atom. The maximum Gasteiger partial charge on any atom is 0.252 e. The molecule has 83 heavy (non-hydrogen) atoms. The number of fused-ring (bicyclic) bond motifs is 7. The highest BCUT2D eigenvalue weighted by Crippen LogP contribution is 2.54. The maximum absolute atomic E-state index is 2.67. The number of hydrogen-bond acceptors (Lipinski definition) is 3. The molecule has 13 rings (SSSR count). The SMILES string of the molecule is CC(C)(C)c1ccc2c(c1)B1c3ccc(N(c4ccccc4)c4ccc(C(C)(C)C)cc4-c4ccccc4)cc3N(c3ccc(C(C)(C)C)cc3-c3ccccc3)c3cc(C(C)(C)C)cc(c31)N2c1ccc2c(c1)C(C)(C)c1ccccc1-2. The van der Waals surface area contributed by atoms with Gasteiger partial charge in [0.25, 0.3) is 6.71 Å². The van der Waals surface area contributed by atoms with Crippen LogP contribution in [0.25, 0.3) is 33.4 Å². The van der Waals surface area contributed by atoms with E-state index in [4.69, 9.17) is 0 Å². The van der Waals surface area contributed by atoms with Gasteiger partial charge in [-0.2, -0.15) is 0 Å². The fraction of sp³-hybridized carbons (Fsp3) is 0.241. The van der Waals surface area contributed by atoms with Gasteiger partial charge in [-0.15, -0.1) is 0 Å². The molecular weight excluding hydrogens is 1000 g/mol. The minimum absolute atomic E-state index is 0.0508. The zero-order chi connectivity index (χ0) is 58.1. The monoisotopic (exact) mass is 1080 g/mol. The second-order valence-electron chi connectivity index (χ2n) is 28.3. The molecule has 412 valence electrons. The molecule has 2 heterocycles. The average Bonchev–Trinajstić information content (AvgIpc) is 1.33. The van der Waals surface area contributed by atoms with Crippen LogP contribution in [-0.4, -0.2) is 6.71 Å². The summed E-state index contributed by atoms with van der Waals surface area (Å²) in [6, 6.07) is 83.7. The molecule has 3 aliphatic rings. The van der Waals surface area contributed by atoms with E-state index in [0.717, 1.165) is 22.7 Å². The minimum atomic E-state index is -0.200. The van der Waals surface area contributed by atoms with Gasteiger partial charge in [-0.25, -0.2) is 0 Å². The van der Waals surface area contributed by atoms with Gasteiger partial charge in [0.05, 0.1) is 11.4 Å². The molecule has 0 N–H and O–H groups in total. The van der Waals surface area contributed by atoms with Crippen molar-refractivity contribution < 1.29 is 0 Å². The van der Waals surface area contributed by atoms with E-state index in [2.05, 4.69) is 330 Å². The van der Waals surface area contributed by atoms with E-state index in [-0.39, 0.29) is 33.8 Å². The lowest BCUT2D eigenvalue weighted by atomic mass is 9.33. The van der Waals surface area contributed by atoms with Gasteiger partial charge in [0, 0.05) is 56.4 Å². The summed E-state index contributed by atoms with van der Waals surface area (Å²) >= 11 is 0. The van der Waals surface area contributed by atoms with E-state index >= 15 is 0 Å². The van der Waals surface area contributed by atoms with Gasteiger partial charge in [0.1, 0.15) is 0 Å². The molecule has 10 aromatic rings. The van der Waals surface area contributed by atoms with Crippen LogP contribution >= 0.6 is 0 Å². The first-order valence-corrected chi connectivity index (χ1v) is 30.0. The van der Waals surface area contributed by atoms with Crippen molar-refractivity contribution in [3.05, 3.63) is 252 Å². The molecule has 0 radical (unpaired) electrons. The number of para-hydroxylation sites is 1. The predicted molar refractivity (Wildman–Crippen MR) is 358 cm³/mol. The molecule has 0 unspecified atom stereocenters. The number of benzene rings is 10. The molecule has 0 saturated heterocycles. The minimum Gasteiger partial charge on any atom is -0.311 e. The highest BCUT2D eigenvalue weighted by Gasteiger charge is 2.46. The fourth-order valence-corrected chi connectivity index (χ4v) is 13.5. The van der Waals surface area contributed by atoms with E-state index in [9.17, 15) is 0 Å². The second-order valence-corrected chi connectivity index (χ2v) is 28.3.